The van der Waals surface area contributed by atoms with Gasteiger partial charge in [-0.1, -0.05) is 0 Å². The Kier molecular flexibility index (Phi) is 3.14. The molecule has 1 fully saturated rings. The second-order valence-electron chi connectivity index (χ2n) is 4.36. The van der Waals surface area contributed by atoms with Crippen molar-refractivity contribution in [2.45, 2.75) is 32.1 Å². The zero-order valence-corrected chi connectivity index (χ0v) is 11.8. The Morgan fingerprint density at radius 3 is 2.67 bits per heavy atom. The number of rotatable bonds is 2. The lowest BCUT2D eigenvalue weighted by Crippen LogP contribution is -2.65. The van der Waals surface area contributed by atoms with E-state index in [1.807, 2.05) is 0 Å². The summed E-state index contributed by atoms with van der Waals surface area (Å²) in [5.74, 6) is -0.510. The summed E-state index contributed by atoms with van der Waals surface area (Å²) in [6, 6.07) is -1.63. The van der Waals surface area contributed by atoms with Crippen LogP contribution >= 0.6 is 15.9 Å². The van der Waals surface area contributed by atoms with Crippen LogP contribution < -0.4 is 5.32 Å². The maximum atomic E-state index is 11.9. The lowest BCUT2D eigenvalue weighted by atomic mass is 10.1. The van der Waals surface area contributed by atoms with Gasteiger partial charge in [-0.25, -0.2) is 9.79 Å². The molecule has 1 N–H and O–H groups in total. The fourth-order valence-corrected chi connectivity index (χ4v) is 2.79. The van der Waals surface area contributed by atoms with Crippen molar-refractivity contribution in [2.24, 2.45) is 4.99 Å². The van der Waals surface area contributed by atoms with Gasteiger partial charge in [0.2, 0.25) is 0 Å². The van der Waals surface area contributed by atoms with Gasteiger partial charge in [0.1, 0.15) is 0 Å². The average molecular weight is 317 g/mol. The van der Waals surface area contributed by atoms with Crippen molar-refractivity contribution in [2.75, 3.05) is 7.05 Å². The maximum Gasteiger partial charge on any atom is 0.325 e. The van der Waals surface area contributed by atoms with Crippen molar-refractivity contribution < 1.29 is 14.4 Å². The Labute approximate surface area is 112 Å². The highest BCUT2D eigenvalue weighted by Gasteiger charge is 2.49. The van der Waals surface area contributed by atoms with Crippen LogP contribution in [-0.2, 0) is 9.59 Å². The van der Waals surface area contributed by atoms with Gasteiger partial charge in [-0.15, -0.1) is 0 Å². The molecule has 0 saturated carbocycles. The number of fused-ring (bicyclic) bond motifs is 1. The molecule has 18 heavy (non-hydrogen) atoms. The third kappa shape index (κ3) is 1.80. The first-order valence-corrected chi connectivity index (χ1v) is 6.23. The van der Waals surface area contributed by atoms with Crippen LogP contribution in [-0.4, -0.2) is 57.6 Å². The van der Waals surface area contributed by atoms with Crippen molar-refractivity contribution in [3.05, 3.63) is 0 Å². The number of nitrogens with zero attached hydrogens (tertiary/aromatic N) is 3. The molecular weight excluding hydrogens is 304 g/mol. The number of imide groups is 1. The minimum Gasteiger partial charge on any atom is -0.325 e. The van der Waals surface area contributed by atoms with Crippen LogP contribution in [0.4, 0.5) is 4.79 Å². The molecule has 3 amide bonds. The van der Waals surface area contributed by atoms with Crippen molar-refractivity contribution in [3.8, 4) is 0 Å². The monoisotopic (exact) mass is 316 g/mol. The molecule has 0 aromatic rings. The normalized spacial score (nSPS) is 28.8. The second-order valence-corrected chi connectivity index (χ2v) is 5.07. The summed E-state index contributed by atoms with van der Waals surface area (Å²) in [6.45, 7) is 3.15. The third-order valence-electron chi connectivity index (χ3n) is 3.26. The molecule has 0 aromatic heterocycles. The molecule has 0 aromatic carbocycles. The predicted molar refractivity (Wildman–Crippen MR) is 67.2 cm³/mol. The van der Waals surface area contributed by atoms with E-state index in [2.05, 4.69) is 26.2 Å². The molecule has 3 atom stereocenters. The van der Waals surface area contributed by atoms with Crippen molar-refractivity contribution >= 4 is 38.4 Å². The summed E-state index contributed by atoms with van der Waals surface area (Å²) in [5, 5.41) is 2.25. The topological polar surface area (TPSA) is 82.1 Å². The van der Waals surface area contributed by atoms with E-state index in [0.29, 0.717) is 4.74 Å². The summed E-state index contributed by atoms with van der Waals surface area (Å²) in [4.78, 5) is 42.0. The first kappa shape index (κ1) is 13.0. The number of urea groups is 1. The average Bonchev–Trinajstić information content (AvgIpc) is 2.63. The summed E-state index contributed by atoms with van der Waals surface area (Å²) < 4.78 is 0.414. The maximum absolute atomic E-state index is 11.9. The van der Waals surface area contributed by atoms with Crippen LogP contribution in [0, 0.1) is 0 Å². The Morgan fingerprint density at radius 2 is 2.11 bits per heavy atom. The molecule has 2 rings (SSSR count). The molecule has 2 aliphatic rings. The number of hydrogen-bond acceptors (Lipinski definition) is 5. The Balaban J connectivity index is 2.36. The van der Waals surface area contributed by atoms with Crippen LogP contribution in [0.15, 0.2) is 4.99 Å². The number of ketones is 1. The smallest absolute Gasteiger partial charge is 0.325 e. The van der Waals surface area contributed by atoms with Gasteiger partial charge in [0.25, 0.3) is 5.91 Å². The van der Waals surface area contributed by atoms with Gasteiger partial charge in [0, 0.05) is 7.05 Å². The van der Waals surface area contributed by atoms with E-state index in [9.17, 15) is 14.4 Å². The fraction of sp³-hybridized carbons (Fsp3) is 0.600. The van der Waals surface area contributed by atoms with Gasteiger partial charge < -0.3 is 9.80 Å². The SMILES string of the molecule is CC(=O)C(C)N1C(Br)=NC2C1C(=O)NC(=O)N2C. The molecule has 0 aliphatic carbocycles. The minimum atomic E-state index is -0.666. The quantitative estimate of drug-likeness (QED) is 0.722. The van der Waals surface area contributed by atoms with Crippen LogP contribution in [0.1, 0.15) is 13.8 Å². The largest absolute Gasteiger partial charge is 0.325 e. The Morgan fingerprint density at radius 1 is 1.50 bits per heavy atom. The number of hydrogen-bond donors (Lipinski definition) is 1. The number of carbonyl (C=O) groups is 3. The molecule has 2 heterocycles. The van der Waals surface area contributed by atoms with E-state index < -0.39 is 30.2 Å². The van der Waals surface area contributed by atoms with Gasteiger partial charge in [-0.2, -0.15) is 0 Å². The summed E-state index contributed by atoms with van der Waals surface area (Å²) in [6.07, 6.45) is -0.595. The second kappa shape index (κ2) is 4.34. The van der Waals surface area contributed by atoms with Gasteiger partial charge in [-0.05, 0) is 29.8 Å². The Hall–Kier alpha value is -1.44. The number of nitrogens with one attached hydrogen (secondary N) is 1. The highest BCUT2D eigenvalue weighted by molar-refractivity contribution is 9.18. The standard InChI is InChI=1S/C10H13BrN4O3/c1-4(5(2)16)15-6-7(12-9(15)11)14(3)10(18)13-8(6)17/h4,6-7H,1-3H3,(H,13,17,18). The van der Waals surface area contributed by atoms with Gasteiger partial charge in [0.15, 0.2) is 22.7 Å². The fourth-order valence-electron chi connectivity index (χ4n) is 2.05. The van der Waals surface area contributed by atoms with E-state index in [-0.39, 0.29) is 5.78 Å². The van der Waals surface area contributed by atoms with Crippen LogP contribution in [0.2, 0.25) is 0 Å². The number of halogens is 1. The van der Waals surface area contributed by atoms with E-state index in [4.69, 9.17) is 0 Å². The van der Waals surface area contributed by atoms with Crippen molar-refractivity contribution in [1.82, 2.24) is 15.1 Å². The van der Waals surface area contributed by atoms with Gasteiger partial charge in [-0.3, -0.25) is 14.9 Å². The van der Waals surface area contributed by atoms with Crippen molar-refractivity contribution in [3.63, 3.8) is 0 Å². The van der Waals surface area contributed by atoms with E-state index in [0.717, 1.165) is 0 Å². The number of likely N-dealkylation sites (N-methyl/N-ethyl adjacent to an activating group) is 1. The van der Waals surface area contributed by atoms with E-state index in [1.165, 1.54) is 11.8 Å². The number of amidine groups is 1. The summed E-state index contributed by atoms with van der Waals surface area (Å²) in [5.41, 5.74) is 0. The lowest BCUT2D eigenvalue weighted by Gasteiger charge is -2.37. The van der Waals surface area contributed by atoms with E-state index >= 15 is 0 Å². The number of amides is 3. The van der Waals surface area contributed by atoms with Gasteiger partial charge >= 0.3 is 6.03 Å². The van der Waals surface area contributed by atoms with E-state index in [1.54, 1.807) is 18.9 Å². The predicted octanol–water partition coefficient (Wildman–Crippen LogP) is -0.0933. The number of Topliss-reactive ketones (excluding diaryl/α,β-unsaturated/α-hetero) is 1. The zero-order valence-electron chi connectivity index (χ0n) is 10.2. The molecular formula is C10H13BrN4O3. The van der Waals surface area contributed by atoms with Crippen LogP contribution in [0.25, 0.3) is 0 Å². The third-order valence-corrected chi connectivity index (χ3v) is 3.87. The molecule has 2 aliphatic heterocycles. The first-order valence-electron chi connectivity index (χ1n) is 5.44. The zero-order chi connectivity index (χ0) is 13.6. The molecule has 7 nitrogen and oxygen atoms in total. The highest BCUT2D eigenvalue weighted by atomic mass is 79.9. The molecule has 3 unspecified atom stereocenters. The Bertz CT molecular complexity index is 464. The van der Waals surface area contributed by atoms with Crippen molar-refractivity contribution in [1.29, 1.82) is 0 Å². The highest BCUT2D eigenvalue weighted by Crippen LogP contribution is 2.28. The molecule has 98 valence electrons. The number of carbonyl (C=O) groups excluding carboxylic acids is 3. The number of aliphatic imine (C=N–C) groups is 1. The minimum absolute atomic E-state index is 0.0739. The molecule has 0 spiro atoms. The summed E-state index contributed by atoms with van der Waals surface area (Å²) in [7, 11) is 1.56. The first-order chi connectivity index (χ1) is 8.34. The van der Waals surface area contributed by atoms with Gasteiger partial charge in [0.05, 0.1) is 6.04 Å². The summed E-state index contributed by atoms with van der Waals surface area (Å²) >= 11 is 3.24. The molecule has 0 bridgehead atoms. The molecule has 1 saturated heterocycles. The van der Waals surface area contributed by atoms with Crippen LogP contribution in [0.5, 0.6) is 0 Å². The van der Waals surface area contributed by atoms with Crippen LogP contribution in [0.3, 0.4) is 0 Å². The molecule has 8 heteroatoms. The molecule has 0 radical (unpaired) electrons. The lowest BCUT2D eigenvalue weighted by molar-refractivity contribution is -0.129.